The molecule has 0 saturated heterocycles. The molecule has 2 unspecified atom stereocenters. The molecule has 0 heterocycles. The van der Waals surface area contributed by atoms with Crippen molar-refractivity contribution in [1.82, 2.24) is 0 Å². The molecular formula is C12H22O3. The summed E-state index contributed by atoms with van der Waals surface area (Å²) in [6.45, 7) is 9.29. The van der Waals surface area contributed by atoms with Crippen molar-refractivity contribution >= 4 is 0 Å². The molecule has 0 radical (unpaired) electrons. The van der Waals surface area contributed by atoms with E-state index in [0.29, 0.717) is 13.2 Å². The zero-order valence-corrected chi connectivity index (χ0v) is 10.1. The first-order valence-corrected chi connectivity index (χ1v) is 5.42. The topological polar surface area (TPSA) is 27.7 Å². The van der Waals surface area contributed by atoms with E-state index in [1.54, 1.807) is 12.5 Å². The van der Waals surface area contributed by atoms with E-state index >= 15 is 0 Å². The highest BCUT2D eigenvalue weighted by molar-refractivity contribution is 4.86. The van der Waals surface area contributed by atoms with Crippen LogP contribution in [0.3, 0.4) is 0 Å². The molecule has 2 atom stereocenters. The molecule has 0 aromatic rings. The van der Waals surface area contributed by atoms with Crippen LogP contribution in [0.4, 0.5) is 0 Å². The molecule has 0 aromatic heterocycles. The second-order valence-corrected chi connectivity index (χ2v) is 3.11. The van der Waals surface area contributed by atoms with Gasteiger partial charge in [0.25, 0.3) is 0 Å². The summed E-state index contributed by atoms with van der Waals surface area (Å²) in [5.41, 5.74) is 0. The smallest absolute Gasteiger partial charge is 0.0887 e. The van der Waals surface area contributed by atoms with Crippen molar-refractivity contribution < 1.29 is 14.2 Å². The number of ether oxygens (including phenoxy) is 3. The molecule has 0 aliphatic rings. The molecule has 0 N–H and O–H groups in total. The largest absolute Gasteiger partial charge is 0.473 e. The third-order valence-corrected chi connectivity index (χ3v) is 1.72. The van der Waals surface area contributed by atoms with Crippen molar-refractivity contribution in [2.75, 3.05) is 13.2 Å². The van der Waals surface area contributed by atoms with Gasteiger partial charge < -0.3 is 14.2 Å². The lowest BCUT2D eigenvalue weighted by Gasteiger charge is -2.05. The van der Waals surface area contributed by atoms with Gasteiger partial charge in [-0.25, -0.2) is 0 Å². The summed E-state index contributed by atoms with van der Waals surface area (Å²) in [5.74, 6) is 0. The van der Waals surface area contributed by atoms with Crippen molar-refractivity contribution in [3.63, 3.8) is 0 Å². The van der Waals surface area contributed by atoms with Crippen molar-refractivity contribution in [3.05, 3.63) is 24.7 Å². The van der Waals surface area contributed by atoms with E-state index in [0.717, 1.165) is 0 Å². The fourth-order valence-electron chi connectivity index (χ4n) is 0.994. The molecule has 0 aliphatic carbocycles. The van der Waals surface area contributed by atoms with E-state index < -0.39 is 0 Å². The van der Waals surface area contributed by atoms with Crippen LogP contribution in [0.5, 0.6) is 0 Å². The summed E-state index contributed by atoms with van der Waals surface area (Å²) in [7, 11) is 0. The Balaban J connectivity index is 3.59. The summed E-state index contributed by atoms with van der Waals surface area (Å²) < 4.78 is 15.7. The maximum atomic E-state index is 5.29. The molecule has 15 heavy (non-hydrogen) atoms. The predicted molar refractivity (Wildman–Crippen MR) is 61.5 cm³/mol. The zero-order valence-electron chi connectivity index (χ0n) is 10.1. The minimum atomic E-state index is 0.0905. The first kappa shape index (κ1) is 14.2. The molecule has 0 fully saturated rings. The van der Waals surface area contributed by atoms with Gasteiger partial charge in [-0.15, -0.1) is 0 Å². The van der Waals surface area contributed by atoms with Crippen molar-refractivity contribution in [2.24, 2.45) is 0 Å². The fraction of sp³-hybridized carbons (Fsp3) is 0.667. The summed E-state index contributed by atoms with van der Waals surface area (Å²) >= 11 is 0. The van der Waals surface area contributed by atoms with Gasteiger partial charge in [0, 0.05) is 13.2 Å². The van der Waals surface area contributed by atoms with Gasteiger partial charge in [0.1, 0.15) is 0 Å². The van der Waals surface area contributed by atoms with Gasteiger partial charge in [0.05, 0.1) is 24.7 Å². The average Bonchev–Trinajstić information content (AvgIpc) is 2.18. The third kappa shape index (κ3) is 9.50. The van der Waals surface area contributed by atoms with Crippen molar-refractivity contribution in [3.8, 4) is 0 Å². The Labute approximate surface area is 92.7 Å². The van der Waals surface area contributed by atoms with Crippen LogP contribution in [0, 0.1) is 0 Å². The lowest BCUT2D eigenvalue weighted by molar-refractivity contribution is 0.106. The second-order valence-electron chi connectivity index (χ2n) is 3.11. The molecule has 0 spiro atoms. The molecule has 3 heteroatoms. The van der Waals surface area contributed by atoms with Crippen LogP contribution in [0.2, 0.25) is 0 Å². The van der Waals surface area contributed by atoms with Gasteiger partial charge in [-0.3, -0.25) is 0 Å². The zero-order chi connectivity index (χ0) is 11.5. The van der Waals surface area contributed by atoms with E-state index in [-0.39, 0.29) is 12.2 Å². The van der Waals surface area contributed by atoms with Crippen LogP contribution in [-0.4, -0.2) is 25.4 Å². The van der Waals surface area contributed by atoms with Crippen LogP contribution >= 0.6 is 0 Å². The Kier molecular flexibility index (Phi) is 9.22. The van der Waals surface area contributed by atoms with Gasteiger partial charge in [-0.05, 0) is 39.8 Å². The van der Waals surface area contributed by atoms with E-state index in [1.165, 1.54) is 0 Å². The Morgan fingerprint density at radius 3 is 1.60 bits per heavy atom. The van der Waals surface area contributed by atoms with Crippen LogP contribution in [0.15, 0.2) is 24.7 Å². The van der Waals surface area contributed by atoms with Crippen LogP contribution in [0.1, 0.15) is 27.7 Å². The van der Waals surface area contributed by atoms with E-state index in [2.05, 4.69) is 0 Å². The molecule has 3 nitrogen and oxygen atoms in total. The molecule has 88 valence electrons. The Bertz CT molecular complexity index is 167. The highest BCUT2D eigenvalue weighted by Gasteiger charge is 1.93. The molecule has 0 amide bonds. The fourth-order valence-corrected chi connectivity index (χ4v) is 0.994. The van der Waals surface area contributed by atoms with Crippen LogP contribution in [0.25, 0.3) is 0 Å². The molecule has 0 aliphatic heterocycles. The van der Waals surface area contributed by atoms with Crippen molar-refractivity contribution in [1.29, 1.82) is 0 Å². The number of rotatable bonds is 8. The van der Waals surface area contributed by atoms with Gasteiger partial charge in [0.2, 0.25) is 0 Å². The Hall–Kier alpha value is -0.800. The maximum absolute atomic E-state index is 5.29. The average molecular weight is 214 g/mol. The summed E-state index contributed by atoms with van der Waals surface area (Å²) in [5, 5.41) is 0. The quantitative estimate of drug-likeness (QED) is 0.581. The van der Waals surface area contributed by atoms with Crippen molar-refractivity contribution in [2.45, 2.75) is 39.9 Å². The van der Waals surface area contributed by atoms with Gasteiger partial charge >= 0.3 is 0 Å². The van der Waals surface area contributed by atoms with Crippen LogP contribution in [-0.2, 0) is 14.2 Å². The third-order valence-electron chi connectivity index (χ3n) is 1.72. The summed E-state index contributed by atoms with van der Waals surface area (Å²) in [6, 6.07) is 0. The molecule has 0 aromatic carbocycles. The highest BCUT2D eigenvalue weighted by atomic mass is 16.5. The lowest BCUT2D eigenvalue weighted by Crippen LogP contribution is -2.04. The second kappa shape index (κ2) is 9.74. The minimum Gasteiger partial charge on any atom is -0.473 e. The Morgan fingerprint density at radius 1 is 0.867 bits per heavy atom. The summed E-state index contributed by atoms with van der Waals surface area (Å²) in [4.78, 5) is 0. The van der Waals surface area contributed by atoms with Crippen LogP contribution < -0.4 is 0 Å². The minimum absolute atomic E-state index is 0.0905. The van der Waals surface area contributed by atoms with Gasteiger partial charge in [-0.1, -0.05) is 0 Å². The van der Waals surface area contributed by atoms with E-state index in [1.807, 2.05) is 39.8 Å². The van der Waals surface area contributed by atoms with E-state index in [9.17, 15) is 0 Å². The normalized spacial score (nSPS) is 16.0. The van der Waals surface area contributed by atoms with Gasteiger partial charge in [-0.2, -0.15) is 0 Å². The number of hydrogen-bond donors (Lipinski definition) is 0. The lowest BCUT2D eigenvalue weighted by atomic mass is 10.4. The first-order valence-electron chi connectivity index (χ1n) is 5.42. The first-order chi connectivity index (χ1) is 7.20. The SMILES string of the molecule is CCOC(C)C=COC=CC(C)OCC. The molecular weight excluding hydrogens is 192 g/mol. The van der Waals surface area contributed by atoms with Gasteiger partial charge in [0.15, 0.2) is 0 Å². The monoisotopic (exact) mass is 214 g/mol. The molecule has 0 rings (SSSR count). The predicted octanol–water partition coefficient (Wildman–Crippen LogP) is 2.88. The molecule has 0 saturated carbocycles. The highest BCUT2D eigenvalue weighted by Crippen LogP contribution is 1.95. The maximum Gasteiger partial charge on any atom is 0.0887 e. The molecule has 0 bridgehead atoms. The Morgan fingerprint density at radius 2 is 1.27 bits per heavy atom. The summed E-state index contributed by atoms with van der Waals surface area (Å²) in [6.07, 6.45) is 7.14. The number of hydrogen-bond acceptors (Lipinski definition) is 3. The standard InChI is InChI=1S/C12H22O3/c1-5-14-11(3)7-9-13-10-8-12(4)15-6-2/h7-12H,5-6H2,1-4H3. The van der Waals surface area contributed by atoms with E-state index in [4.69, 9.17) is 14.2 Å².